The van der Waals surface area contributed by atoms with E-state index in [2.05, 4.69) is 23.4 Å². The Kier molecular flexibility index (Phi) is 3.01. The lowest BCUT2D eigenvalue weighted by Gasteiger charge is -2.39. The van der Waals surface area contributed by atoms with Crippen molar-refractivity contribution < 1.29 is 4.39 Å². The molecule has 0 radical (unpaired) electrons. The zero-order valence-electron chi connectivity index (χ0n) is 11.4. The number of hydrogen-bond donors (Lipinski definition) is 1. The lowest BCUT2D eigenvalue weighted by atomic mass is 9.73. The van der Waals surface area contributed by atoms with E-state index in [1.54, 1.807) is 6.07 Å². The van der Waals surface area contributed by atoms with Crippen LogP contribution in [0.15, 0.2) is 18.2 Å². The fourth-order valence-corrected chi connectivity index (χ4v) is 3.71. The van der Waals surface area contributed by atoms with Crippen molar-refractivity contribution in [2.75, 3.05) is 0 Å². The Balaban J connectivity index is 2.22. The lowest BCUT2D eigenvalue weighted by molar-refractivity contribution is 0.146. The SMILES string of the molecule is CC1(C)CCCCC1n1c(=S)[nH]c2c(F)cccc21. The van der Waals surface area contributed by atoms with Crippen molar-refractivity contribution in [2.45, 2.75) is 45.6 Å². The van der Waals surface area contributed by atoms with Gasteiger partial charge in [-0.1, -0.05) is 32.8 Å². The van der Waals surface area contributed by atoms with Crippen molar-refractivity contribution in [1.29, 1.82) is 0 Å². The predicted octanol–water partition coefficient (Wildman–Crippen LogP) is 4.98. The van der Waals surface area contributed by atoms with Crippen LogP contribution >= 0.6 is 12.2 Å². The summed E-state index contributed by atoms with van der Waals surface area (Å²) in [5.41, 5.74) is 1.64. The van der Waals surface area contributed by atoms with E-state index in [4.69, 9.17) is 12.2 Å². The molecule has 1 N–H and O–H groups in total. The molecular formula is C15H19FN2S. The number of fused-ring (bicyclic) bond motifs is 1. The Morgan fingerprint density at radius 2 is 2.16 bits per heavy atom. The second-order valence-electron chi connectivity index (χ2n) is 6.18. The Morgan fingerprint density at radius 3 is 2.89 bits per heavy atom. The number of nitrogens with one attached hydrogen (secondary N) is 1. The van der Waals surface area contributed by atoms with E-state index in [0.29, 0.717) is 16.3 Å². The highest BCUT2D eigenvalue weighted by Gasteiger charge is 2.34. The summed E-state index contributed by atoms with van der Waals surface area (Å²) in [6.07, 6.45) is 4.80. The molecular weight excluding hydrogens is 259 g/mol. The van der Waals surface area contributed by atoms with Gasteiger partial charge in [0.2, 0.25) is 0 Å². The molecule has 1 atom stereocenters. The van der Waals surface area contributed by atoms with E-state index in [-0.39, 0.29) is 11.2 Å². The van der Waals surface area contributed by atoms with Crippen LogP contribution in [0.25, 0.3) is 11.0 Å². The van der Waals surface area contributed by atoms with Crippen molar-refractivity contribution >= 4 is 23.3 Å². The summed E-state index contributed by atoms with van der Waals surface area (Å²) >= 11 is 5.44. The Labute approximate surface area is 117 Å². The van der Waals surface area contributed by atoms with Crippen molar-refractivity contribution in [3.63, 3.8) is 0 Å². The highest BCUT2D eigenvalue weighted by Crippen LogP contribution is 2.45. The molecule has 0 amide bonds. The number of benzene rings is 1. The third-order valence-corrected chi connectivity index (χ3v) is 4.76. The summed E-state index contributed by atoms with van der Waals surface area (Å²) in [5.74, 6) is -0.226. The van der Waals surface area contributed by atoms with Crippen molar-refractivity contribution in [1.82, 2.24) is 9.55 Å². The summed E-state index contributed by atoms with van der Waals surface area (Å²) in [6, 6.07) is 5.54. The second-order valence-corrected chi connectivity index (χ2v) is 6.57. The predicted molar refractivity (Wildman–Crippen MR) is 78.4 cm³/mol. The maximum atomic E-state index is 13.8. The number of H-pyrrole nitrogens is 1. The molecule has 102 valence electrons. The normalized spacial score (nSPS) is 22.8. The molecule has 0 bridgehead atoms. The minimum Gasteiger partial charge on any atom is -0.328 e. The molecule has 0 saturated heterocycles. The molecule has 1 fully saturated rings. The summed E-state index contributed by atoms with van der Waals surface area (Å²) in [5, 5.41) is 0. The van der Waals surface area contributed by atoms with Gasteiger partial charge in [0.05, 0.1) is 5.52 Å². The average molecular weight is 278 g/mol. The quantitative estimate of drug-likeness (QED) is 0.730. The summed E-state index contributed by atoms with van der Waals surface area (Å²) in [6.45, 7) is 4.58. The van der Waals surface area contributed by atoms with E-state index < -0.39 is 0 Å². The minimum atomic E-state index is -0.226. The molecule has 19 heavy (non-hydrogen) atoms. The number of halogens is 1. The summed E-state index contributed by atoms with van der Waals surface area (Å²) in [4.78, 5) is 3.03. The molecule has 1 heterocycles. The molecule has 2 nitrogen and oxygen atoms in total. The fraction of sp³-hybridized carbons (Fsp3) is 0.533. The highest BCUT2D eigenvalue weighted by molar-refractivity contribution is 7.71. The van der Waals surface area contributed by atoms with Gasteiger partial charge in [0.1, 0.15) is 11.3 Å². The Morgan fingerprint density at radius 1 is 1.37 bits per heavy atom. The van der Waals surface area contributed by atoms with Gasteiger partial charge < -0.3 is 9.55 Å². The lowest BCUT2D eigenvalue weighted by Crippen LogP contribution is -2.30. The van der Waals surface area contributed by atoms with E-state index in [1.807, 2.05) is 6.07 Å². The van der Waals surface area contributed by atoms with Crippen molar-refractivity contribution in [2.24, 2.45) is 5.41 Å². The molecule has 1 aliphatic carbocycles. The van der Waals surface area contributed by atoms with Crippen LogP contribution in [0, 0.1) is 16.0 Å². The maximum absolute atomic E-state index is 13.8. The molecule has 1 saturated carbocycles. The maximum Gasteiger partial charge on any atom is 0.178 e. The van der Waals surface area contributed by atoms with E-state index in [9.17, 15) is 4.39 Å². The number of para-hydroxylation sites is 1. The van der Waals surface area contributed by atoms with Crippen molar-refractivity contribution in [3.8, 4) is 0 Å². The molecule has 3 rings (SSSR count). The van der Waals surface area contributed by atoms with E-state index in [1.165, 1.54) is 25.3 Å². The molecule has 0 aliphatic heterocycles. The van der Waals surface area contributed by atoms with Crippen LogP contribution in [0.3, 0.4) is 0 Å². The first-order chi connectivity index (χ1) is 9.00. The molecule has 4 heteroatoms. The van der Waals surface area contributed by atoms with Crippen LogP contribution < -0.4 is 0 Å². The number of hydrogen-bond acceptors (Lipinski definition) is 1. The van der Waals surface area contributed by atoms with Gasteiger partial charge in [-0.2, -0.15) is 0 Å². The van der Waals surface area contributed by atoms with Gasteiger partial charge in [-0.25, -0.2) is 4.39 Å². The van der Waals surface area contributed by atoms with Gasteiger partial charge in [0.25, 0.3) is 0 Å². The Bertz CT molecular complexity index is 668. The zero-order chi connectivity index (χ0) is 13.6. The smallest absolute Gasteiger partial charge is 0.178 e. The van der Waals surface area contributed by atoms with Gasteiger partial charge in [-0.15, -0.1) is 0 Å². The number of nitrogens with zero attached hydrogens (tertiary/aromatic N) is 1. The monoisotopic (exact) mass is 278 g/mol. The highest BCUT2D eigenvalue weighted by atomic mass is 32.1. The standard InChI is InChI=1S/C15H19FN2S/c1-15(2)9-4-3-8-12(15)18-11-7-5-6-10(16)13(11)17-14(18)19/h5-7,12H,3-4,8-9H2,1-2H3,(H,17,19). The van der Waals surface area contributed by atoms with Gasteiger partial charge >= 0.3 is 0 Å². The second kappa shape index (κ2) is 4.44. The average Bonchev–Trinajstić information content (AvgIpc) is 2.67. The van der Waals surface area contributed by atoms with Crippen LogP contribution in [0.1, 0.15) is 45.6 Å². The molecule has 1 aliphatic rings. The molecule has 1 unspecified atom stereocenters. The van der Waals surface area contributed by atoms with Crippen LogP contribution in [-0.4, -0.2) is 9.55 Å². The fourth-order valence-electron chi connectivity index (χ4n) is 3.38. The number of rotatable bonds is 1. The van der Waals surface area contributed by atoms with Gasteiger partial charge in [0, 0.05) is 6.04 Å². The van der Waals surface area contributed by atoms with E-state index >= 15 is 0 Å². The van der Waals surface area contributed by atoms with Gasteiger partial charge in [0.15, 0.2) is 4.77 Å². The number of imidazole rings is 1. The van der Waals surface area contributed by atoms with Crippen molar-refractivity contribution in [3.05, 3.63) is 28.8 Å². The molecule has 1 aromatic heterocycles. The van der Waals surface area contributed by atoms with Gasteiger partial charge in [-0.3, -0.25) is 0 Å². The van der Waals surface area contributed by atoms with Crippen LogP contribution in [0.5, 0.6) is 0 Å². The molecule has 2 aromatic rings. The van der Waals surface area contributed by atoms with Crippen LogP contribution in [0.4, 0.5) is 4.39 Å². The summed E-state index contributed by atoms with van der Waals surface area (Å²) < 4.78 is 16.6. The van der Waals surface area contributed by atoms with E-state index in [0.717, 1.165) is 11.9 Å². The minimum absolute atomic E-state index is 0.206. The number of aromatic nitrogens is 2. The first kappa shape index (κ1) is 12.9. The number of aromatic amines is 1. The van der Waals surface area contributed by atoms with Crippen LogP contribution in [0.2, 0.25) is 0 Å². The third kappa shape index (κ3) is 2.02. The Hall–Kier alpha value is -1.16. The third-order valence-electron chi connectivity index (χ3n) is 4.46. The first-order valence-corrected chi connectivity index (χ1v) is 7.30. The zero-order valence-corrected chi connectivity index (χ0v) is 12.2. The largest absolute Gasteiger partial charge is 0.328 e. The molecule has 0 spiro atoms. The summed E-state index contributed by atoms with van der Waals surface area (Å²) in [7, 11) is 0. The van der Waals surface area contributed by atoms with Gasteiger partial charge in [-0.05, 0) is 42.6 Å². The topological polar surface area (TPSA) is 20.7 Å². The van der Waals surface area contributed by atoms with Crippen LogP contribution in [-0.2, 0) is 0 Å². The first-order valence-electron chi connectivity index (χ1n) is 6.89. The molecule has 1 aromatic carbocycles.